The molecule has 9 heteroatoms. The minimum absolute atomic E-state index is 0.00632. The van der Waals surface area contributed by atoms with Crippen LogP contribution < -0.4 is 5.32 Å². The van der Waals surface area contributed by atoms with Crippen LogP contribution in [0.4, 0.5) is 13.2 Å². The zero-order chi connectivity index (χ0) is 25.6. The maximum atomic E-state index is 13.7. The first-order chi connectivity index (χ1) is 15.8. The summed E-state index contributed by atoms with van der Waals surface area (Å²) in [4.78, 5) is 24.4. The predicted molar refractivity (Wildman–Crippen MR) is 132 cm³/mol. The Labute approximate surface area is 212 Å². The van der Waals surface area contributed by atoms with E-state index in [1.807, 2.05) is 13.8 Å². The van der Waals surface area contributed by atoms with Crippen molar-refractivity contribution >= 4 is 52.6 Å². The molecule has 3 nitrogen and oxygen atoms in total. The molecule has 0 aromatic heterocycles. The lowest BCUT2D eigenvalue weighted by Crippen LogP contribution is -2.25. The van der Waals surface area contributed by atoms with E-state index in [-0.39, 0.29) is 51.1 Å². The summed E-state index contributed by atoms with van der Waals surface area (Å²) < 4.78 is 41.2. The Kier molecular flexibility index (Phi) is 10.0. The summed E-state index contributed by atoms with van der Waals surface area (Å²) in [5.74, 6) is -2.31. The summed E-state index contributed by atoms with van der Waals surface area (Å²) in [7, 11) is 0. The monoisotopic (exact) mass is 533 g/mol. The number of carbonyl (C=O) groups is 2. The number of benzene rings is 2. The summed E-state index contributed by atoms with van der Waals surface area (Å²) in [6.45, 7) is 5.90. The topological polar surface area (TPSA) is 46.2 Å². The molecule has 1 N–H and O–H groups in total. The second-order valence-electron chi connectivity index (χ2n) is 8.14. The van der Waals surface area contributed by atoms with E-state index in [2.05, 4.69) is 5.32 Å². The first-order valence-electron chi connectivity index (χ1n) is 10.6. The number of hydrogen-bond acceptors (Lipinski definition) is 2. The van der Waals surface area contributed by atoms with E-state index in [9.17, 15) is 22.8 Å². The molecule has 0 aliphatic carbocycles. The van der Waals surface area contributed by atoms with Crippen molar-refractivity contribution in [2.24, 2.45) is 5.92 Å². The van der Waals surface area contributed by atoms with Gasteiger partial charge in [-0.25, -0.2) is 0 Å². The average Bonchev–Trinajstić information content (AvgIpc) is 2.71. The largest absolute Gasteiger partial charge is 0.399 e. The fraction of sp³-hybridized carbons (Fsp3) is 0.360. The van der Waals surface area contributed by atoms with Crippen molar-refractivity contribution in [2.45, 2.75) is 45.7 Å². The van der Waals surface area contributed by atoms with Crippen LogP contribution in [0.25, 0.3) is 6.08 Å². The van der Waals surface area contributed by atoms with Gasteiger partial charge in [0.25, 0.3) is 0 Å². The molecule has 0 saturated carbocycles. The van der Waals surface area contributed by atoms with Gasteiger partial charge in [0, 0.05) is 24.9 Å². The van der Waals surface area contributed by atoms with E-state index in [1.54, 1.807) is 25.1 Å². The van der Waals surface area contributed by atoms with E-state index in [4.69, 9.17) is 34.8 Å². The number of aryl methyl sites for hydroxylation is 1. The van der Waals surface area contributed by atoms with Crippen molar-refractivity contribution in [1.82, 2.24) is 5.32 Å². The molecule has 1 amide bonds. The summed E-state index contributed by atoms with van der Waals surface area (Å²) in [6.07, 6.45) is -1.78. The highest BCUT2D eigenvalue weighted by molar-refractivity contribution is 6.48. The van der Waals surface area contributed by atoms with Gasteiger partial charge in [-0.05, 0) is 48.6 Å². The van der Waals surface area contributed by atoms with Crippen LogP contribution in [0.1, 0.15) is 59.7 Å². The molecule has 0 fully saturated rings. The number of rotatable bonds is 9. The average molecular weight is 535 g/mol. The van der Waals surface area contributed by atoms with Crippen molar-refractivity contribution in [3.63, 3.8) is 0 Å². The number of alkyl halides is 3. The first kappa shape index (κ1) is 28.2. The lowest BCUT2D eigenvalue weighted by molar-refractivity contribution is -0.139. The minimum atomic E-state index is -4.58. The fourth-order valence-electron chi connectivity index (χ4n) is 3.56. The number of hydrogen-bond donors (Lipinski definition) is 1. The summed E-state index contributed by atoms with van der Waals surface area (Å²) in [5, 5.41) is 2.57. The Balaban J connectivity index is 2.21. The number of nitrogens with one attached hydrogen (secondary N) is 1. The molecule has 2 atom stereocenters. The van der Waals surface area contributed by atoms with Gasteiger partial charge in [0.05, 0.1) is 21.0 Å². The summed E-state index contributed by atoms with van der Waals surface area (Å²) >= 11 is 17.7. The molecule has 2 aromatic carbocycles. The van der Waals surface area contributed by atoms with E-state index >= 15 is 0 Å². The Morgan fingerprint density at radius 3 is 2.21 bits per heavy atom. The standard InChI is InChI=1S/C25H25Cl3F3NO2/c1-4-32-23(34)10-14(2)9-22(33)18-7-5-16(11-15(18)3)6-8-19(25(29,30)31)17-12-20(26)24(28)21(27)13-17/h5-8,11-14,19H,4,9-10H2,1-3H3,(H,32,34)/b8-6+. The van der Waals surface area contributed by atoms with Crippen molar-refractivity contribution in [1.29, 1.82) is 0 Å². The van der Waals surface area contributed by atoms with Crippen LogP contribution in [-0.2, 0) is 4.79 Å². The van der Waals surface area contributed by atoms with E-state index in [1.165, 1.54) is 6.08 Å². The van der Waals surface area contributed by atoms with Crippen LogP contribution in [-0.4, -0.2) is 24.4 Å². The van der Waals surface area contributed by atoms with Gasteiger partial charge in [-0.2, -0.15) is 13.2 Å². The van der Waals surface area contributed by atoms with Crippen LogP contribution >= 0.6 is 34.8 Å². The Morgan fingerprint density at radius 1 is 1.06 bits per heavy atom. The zero-order valence-corrected chi connectivity index (χ0v) is 21.2. The van der Waals surface area contributed by atoms with Crippen molar-refractivity contribution in [3.8, 4) is 0 Å². The van der Waals surface area contributed by atoms with Gasteiger partial charge < -0.3 is 5.32 Å². The summed E-state index contributed by atoms with van der Waals surface area (Å²) in [6, 6.07) is 7.11. The van der Waals surface area contributed by atoms with Crippen molar-refractivity contribution < 1.29 is 22.8 Å². The lowest BCUT2D eigenvalue weighted by Gasteiger charge is -2.18. The maximum Gasteiger partial charge on any atom is 0.399 e. The summed E-state index contributed by atoms with van der Waals surface area (Å²) in [5.41, 5.74) is 1.49. The van der Waals surface area contributed by atoms with Crippen molar-refractivity contribution in [3.05, 3.63) is 73.7 Å². The normalized spacial score (nSPS) is 13.7. The Morgan fingerprint density at radius 2 is 1.68 bits per heavy atom. The molecule has 0 bridgehead atoms. The van der Waals surface area contributed by atoms with Gasteiger partial charge >= 0.3 is 6.18 Å². The molecule has 184 valence electrons. The molecule has 2 aromatic rings. The first-order valence-corrected chi connectivity index (χ1v) is 11.8. The van der Waals surface area contributed by atoms with Gasteiger partial charge in [-0.15, -0.1) is 0 Å². The second-order valence-corrected chi connectivity index (χ2v) is 9.33. The highest BCUT2D eigenvalue weighted by atomic mass is 35.5. The van der Waals surface area contributed by atoms with Crippen molar-refractivity contribution in [2.75, 3.05) is 6.54 Å². The maximum absolute atomic E-state index is 13.7. The van der Waals surface area contributed by atoms with Gasteiger partial charge in [0.15, 0.2) is 5.78 Å². The molecule has 34 heavy (non-hydrogen) atoms. The molecular formula is C25H25Cl3F3NO2. The molecule has 0 aliphatic rings. The molecule has 0 heterocycles. The van der Waals surface area contributed by atoms with Crippen LogP contribution in [0.15, 0.2) is 36.4 Å². The van der Waals surface area contributed by atoms with Crippen LogP contribution in [0, 0.1) is 12.8 Å². The lowest BCUT2D eigenvalue weighted by atomic mass is 9.93. The second kappa shape index (κ2) is 12.1. The van der Waals surface area contributed by atoms with Crippen LogP contribution in [0.2, 0.25) is 15.1 Å². The van der Waals surface area contributed by atoms with E-state index in [0.29, 0.717) is 23.2 Å². The van der Waals surface area contributed by atoms with Gasteiger partial charge in [0.2, 0.25) is 5.91 Å². The molecule has 0 spiro atoms. The molecule has 0 aliphatic heterocycles. The van der Waals surface area contributed by atoms with Crippen LogP contribution in [0.3, 0.4) is 0 Å². The number of amides is 1. The van der Waals surface area contributed by atoms with E-state index in [0.717, 1.165) is 18.2 Å². The smallest absolute Gasteiger partial charge is 0.356 e. The third-order valence-corrected chi connectivity index (χ3v) is 6.39. The minimum Gasteiger partial charge on any atom is -0.356 e. The molecule has 2 unspecified atom stereocenters. The molecule has 2 rings (SSSR count). The quantitative estimate of drug-likeness (QED) is 0.261. The highest BCUT2D eigenvalue weighted by Crippen LogP contribution is 2.41. The molecule has 0 radical (unpaired) electrons. The SMILES string of the molecule is CCNC(=O)CC(C)CC(=O)c1ccc(/C=C/C(c2cc(Cl)c(Cl)c(Cl)c2)C(F)(F)F)cc1C. The highest BCUT2D eigenvalue weighted by Gasteiger charge is 2.39. The number of allylic oxidation sites excluding steroid dienone is 1. The van der Waals surface area contributed by atoms with Gasteiger partial charge in [-0.1, -0.05) is 72.1 Å². The Hall–Kier alpha value is -2.02. The third kappa shape index (κ3) is 7.76. The third-order valence-electron chi connectivity index (χ3n) is 5.19. The number of halogens is 6. The number of Topliss-reactive ketones (excluding diaryl/α,β-unsaturated/α-hetero) is 1. The number of carbonyl (C=O) groups excluding carboxylic acids is 2. The zero-order valence-electron chi connectivity index (χ0n) is 18.9. The predicted octanol–water partition coefficient (Wildman–Crippen LogP) is 8.05. The fourth-order valence-corrected chi connectivity index (χ4v) is 4.17. The number of ketones is 1. The van der Waals surface area contributed by atoms with Gasteiger partial charge in [0.1, 0.15) is 0 Å². The molecular weight excluding hydrogens is 510 g/mol. The van der Waals surface area contributed by atoms with Gasteiger partial charge in [-0.3, -0.25) is 9.59 Å². The molecule has 0 saturated heterocycles. The van der Waals surface area contributed by atoms with E-state index < -0.39 is 12.1 Å². The van der Waals surface area contributed by atoms with Crippen LogP contribution in [0.5, 0.6) is 0 Å². The Bertz CT molecular complexity index is 1060.